The smallest absolute Gasteiger partial charge is 0.206 e. The molecule has 2 saturated heterocycles. The highest BCUT2D eigenvalue weighted by atomic mass is 16.5. The third-order valence-electron chi connectivity index (χ3n) is 9.27. The maximum atomic E-state index is 5.61. The van der Waals surface area contributed by atoms with Gasteiger partial charge < -0.3 is 18.9 Å². The van der Waals surface area contributed by atoms with Crippen molar-refractivity contribution in [1.82, 2.24) is 39.2 Å². The average Bonchev–Trinajstić information content (AvgIpc) is 3.30. The van der Waals surface area contributed by atoms with Crippen LogP contribution in [0.25, 0.3) is 39.0 Å². The highest BCUT2D eigenvalue weighted by molar-refractivity contribution is 5.88. The van der Waals surface area contributed by atoms with Crippen LogP contribution in [-0.4, -0.2) is 91.7 Å². The number of rotatable bonds is 8. The molecule has 11 heteroatoms. The molecule has 2 bridgehead atoms. The number of piperazine rings is 1. The molecular weight excluding hydrogens is 530 g/mol. The molecule has 5 aromatic rings. The largest absolute Gasteiger partial charge is 0.496 e. The topological polar surface area (TPSA) is 99.2 Å². The van der Waals surface area contributed by atoms with Crippen LogP contribution in [0.3, 0.4) is 0 Å². The Morgan fingerprint density at radius 2 is 1.88 bits per heavy atom. The Bertz CT molecular complexity index is 1820. The fraction of sp³-hybridized carbons (Fsp3) is 0.452. The summed E-state index contributed by atoms with van der Waals surface area (Å²) in [6.07, 6.45) is 8.88. The first-order valence-corrected chi connectivity index (χ1v) is 14.7. The van der Waals surface area contributed by atoms with Gasteiger partial charge in [0, 0.05) is 81.3 Å². The van der Waals surface area contributed by atoms with E-state index in [1.165, 1.54) is 6.42 Å². The molecule has 11 nitrogen and oxygen atoms in total. The zero-order valence-electron chi connectivity index (χ0n) is 24.5. The van der Waals surface area contributed by atoms with Crippen molar-refractivity contribution in [2.75, 3.05) is 45.4 Å². The van der Waals surface area contributed by atoms with Crippen LogP contribution in [0.4, 0.5) is 5.95 Å². The van der Waals surface area contributed by atoms with Crippen molar-refractivity contribution in [3.63, 3.8) is 0 Å². The highest BCUT2D eigenvalue weighted by Gasteiger charge is 2.44. The van der Waals surface area contributed by atoms with Crippen molar-refractivity contribution in [3.8, 4) is 22.8 Å². The summed E-state index contributed by atoms with van der Waals surface area (Å²) < 4.78 is 15.2. The van der Waals surface area contributed by atoms with E-state index in [-0.39, 0.29) is 0 Å². The van der Waals surface area contributed by atoms with Crippen LogP contribution in [-0.2, 0) is 11.8 Å². The molecule has 0 aromatic carbocycles. The lowest BCUT2D eigenvalue weighted by molar-refractivity contribution is 0.136. The van der Waals surface area contributed by atoms with Gasteiger partial charge in [0.05, 0.1) is 47.9 Å². The van der Waals surface area contributed by atoms with Gasteiger partial charge in [-0.05, 0) is 38.3 Å². The predicted octanol–water partition coefficient (Wildman–Crippen LogP) is 3.87. The van der Waals surface area contributed by atoms with E-state index in [0.717, 1.165) is 101 Å². The summed E-state index contributed by atoms with van der Waals surface area (Å²) in [4.78, 5) is 24.7. The number of fused-ring (bicyclic) bond motifs is 4. The van der Waals surface area contributed by atoms with Crippen LogP contribution >= 0.6 is 0 Å². The van der Waals surface area contributed by atoms with Gasteiger partial charge >= 0.3 is 0 Å². The molecule has 8 rings (SSSR count). The Balaban J connectivity index is 1.22. The quantitative estimate of drug-likeness (QED) is 0.278. The fourth-order valence-corrected chi connectivity index (χ4v) is 6.92. The van der Waals surface area contributed by atoms with E-state index in [0.29, 0.717) is 18.0 Å². The zero-order chi connectivity index (χ0) is 28.5. The average molecular weight is 566 g/mol. The molecule has 0 spiro atoms. The van der Waals surface area contributed by atoms with Crippen LogP contribution in [0.1, 0.15) is 36.6 Å². The molecule has 0 N–H and O–H groups in total. The van der Waals surface area contributed by atoms with Gasteiger partial charge in [0.25, 0.3) is 0 Å². The summed E-state index contributed by atoms with van der Waals surface area (Å²) in [6, 6.07) is 7.09. The minimum Gasteiger partial charge on any atom is -0.496 e. The molecule has 2 aliphatic heterocycles. The molecule has 1 saturated carbocycles. The van der Waals surface area contributed by atoms with E-state index in [1.807, 2.05) is 23.9 Å². The third kappa shape index (κ3) is 3.98. The molecule has 216 valence electrons. The van der Waals surface area contributed by atoms with E-state index in [9.17, 15) is 0 Å². The summed E-state index contributed by atoms with van der Waals surface area (Å²) in [5.41, 5.74) is 6.69. The Hall–Kier alpha value is -4.09. The monoisotopic (exact) mass is 565 g/mol. The number of imidazole rings is 1. The first-order chi connectivity index (χ1) is 20.5. The Morgan fingerprint density at radius 3 is 2.64 bits per heavy atom. The minimum absolute atomic E-state index is 0.440. The van der Waals surface area contributed by atoms with Crippen LogP contribution in [0, 0.1) is 6.92 Å². The van der Waals surface area contributed by atoms with Crippen LogP contribution in [0.2, 0.25) is 0 Å². The standard InChI is InChI=1S/C31H35N9O2/c1-18-22-15-33-40(25(22)12-24(34-18)23-14-32-8-7-27(23)42-4)28-13-26-30(29(35-28)19-5-6-19)36-31(37(26)2)39-17-20-11-21(39)16-38(20)9-10-41-3/h7-8,12-15,19-21H,5-6,9-11,16-17H2,1-4H3/t20-,21-/m1/s1. The van der Waals surface area contributed by atoms with Crippen molar-refractivity contribution < 1.29 is 9.47 Å². The van der Waals surface area contributed by atoms with E-state index in [1.54, 1.807) is 26.6 Å². The van der Waals surface area contributed by atoms with Crippen molar-refractivity contribution in [3.05, 3.63) is 48.2 Å². The first-order valence-electron chi connectivity index (χ1n) is 14.7. The molecule has 7 heterocycles. The van der Waals surface area contributed by atoms with Gasteiger partial charge in [0.2, 0.25) is 5.95 Å². The van der Waals surface area contributed by atoms with E-state index >= 15 is 0 Å². The summed E-state index contributed by atoms with van der Waals surface area (Å²) in [5, 5.41) is 5.81. The molecule has 2 atom stereocenters. The van der Waals surface area contributed by atoms with Gasteiger partial charge in [-0.3, -0.25) is 14.9 Å². The molecule has 3 aliphatic rings. The molecule has 1 aliphatic carbocycles. The summed E-state index contributed by atoms with van der Waals surface area (Å²) in [6.45, 7) is 5.85. The summed E-state index contributed by atoms with van der Waals surface area (Å²) in [5.74, 6) is 3.02. The minimum atomic E-state index is 0.440. The van der Waals surface area contributed by atoms with Crippen LogP contribution < -0.4 is 9.64 Å². The van der Waals surface area contributed by atoms with Crippen molar-refractivity contribution in [2.24, 2.45) is 7.05 Å². The van der Waals surface area contributed by atoms with Crippen LogP contribution in [0.15, 0.2) is 36.8 Å². The van der Waals surface area contributed by atoms with Gasteiger partial charge in [-0.25, -0.2) is 14.6 Å². The lowest BCUT2D eigenvalue weighted by atomic mass is 10.1. The van der Waals surface area contributed by atoms with Gasteiger partial charge in [-0.2, -0.15) is 5.10 Å². The normalized spacial score (nSPS) is 20.4. The second-order valence-corrected chi connectivity index (χ2v) is 11.8. The Morgan fingerprint density at radius 1 is 1.00 bits per heavy atom. The van der Waals surface area contributed by atoms with Gasteiger partial charge in [0.1, 0.15) is 11.3 Å². The van der Waals surface area contributed by atoms with Crippen molar-refractivity contribution >= 4 is 27.9 Å². The number of pyridine rings is 3. The lowest BCUT2D eigenvalue weighted by Gasteiger charge is -2.34. The lowest BCUT2D eigenvalue weighted by Crippen LogP contribution is -2.48. The highest BCUT2D eigenvalue weighted by Crippen LogP contribution is 2.44. The number of anilines is 1. The molecule has 0 unspecified atom stereocenters. The maximum absolute atomic E-state index is 5.61. The summed E-state index contributed by atoms with van der Waals surface area (Å²) >= 11 is 0. The van der Waals surface area contributed by atoms with Gasteiger partial charge in [-0.1, -0.05) is 0 Å². The SMILES string of the molecule is COCCN1C[C@H]2C[C@@H]1CN2c1nc2c(C3CC3)nc(-n3ncc4c(C)nc(-c5cnccc5OC)cc43)cc2n1C. The second kappa shape index (κ2) is 9.74. The molecule has 0 radical (unpaired) electrons. The zero-order valence-corrected chi connectivity index (χ0v) is 24.5. The molecular formula is C31H35N9O2. The van der Waals surface area contributed by atoms with Crippen molar-refractivity contribution in [2.45, 2.75) is 44.2 Å². The van der Waals surface area contributed by atoms with E-state index in [2.05, 4.69) is 38.5 Å². The number of hydrogen-bond donors (Lipinski definition) is 0. The maximum Gasteiger partial charge on any atom is 0.206 e. The number of nitrogens with zero attached hydrogens (tertiary/aromatic N) is 9. The number of methoxy groups -OCH3 is 2. The van der Waals surface area contributed by atoms with Gasteiger partial charge in [0.15, 0.2) is 5.82 Å². The number of ether oxygens (including phenoxy) is 2. The molecule has 3 fully saturated rings. The van der Waals surface area contributed by atoms with Crippen molar-refractivity contribution in [1.29, 1.82) is 0 Å². The van der Waals surface area contributed by atoms with E-state index in [4.69, 9.17) is 29.5 Å². The fourth-order valence-electron chi connectivity index (χ4n) is 6.92. The molecule has 0 amide bonds. The first kappa shape index (κ1) is 25.6. The molecule has 42 heavy (non-hydrogen) atoms. The number of hydrogen-bond acceptors (Lipinski definition) is 9. The second-order valence-electron chi connectivity index (χ2n) is 11.8. The summed E-state index contributed by atoms with van der Waals surface area (Å²) in [7, 11) is 5.59. The number of aryl methyl sites for hydroxylation is 2. The predicted molar refractivity (Wildman–Crippen MR) is 160 cm³/mol. The van der Waals surface area contributed by atoms with Gasteiger partial charge in [-0.15, -0.1) is 0 Å². The Labute approximate surface area is 244 Å². The third-order valence-corrected chi connectivity index (χ3v) is 9.27. The molecule has 5 aromatic heterocycles. The van der Waals surface area contributed by atoms with E-state index < -0.39 is 0 Å². The number of likely N-dealkylation sites (tertiary alicyclic amines) is 1. The number of aromatic nitrogens is 7. The Kier molecular flexibility index (Phi) is 5.94. The van der Waals surface area contributed by atoms with Crippen LogP contribution in [0.5, 0.6) is 5.75 Å².